The van der Waals surface area contributed by atoms with Crippen molar-refractivity contribution >= 4 is 76.3 Å². The minimum Gasteiger partial charge on any atom is -0.484 e. The molecule has 2 fully saturated rings. The molecule has 2 saturated heterocycles. The van der Waals surface area contributed by atoms with Crippen molar-refractivity contribution in [3.05, 3.63) is 135 Å². The number of rotatable bonds is 14. The van der Waals surface area contributed by atoms with E-state index in [0.29, 0.717) is 34.4 Å². The molecule has 4 atom stereocenters. The molecular weight excluding hydrogens is 1070 g/mol. The van der Waals surface area contributed by atoms with E-state index in [4.69, 9.17) is 9.47 Å². The van der Waals surface area contributed by atoms with Gasteiger partial charge in [0.25, 0.3) is 23.6 Å². The molecule has 5 heterocycles. The summed E-state index contributed by atoms with van der Waals surface area (Å²) in [5.74, 6) is 1.67. The summed E-state index contributed by atoms with van der Waals surface area (Å²) in [6.45, 7) is 5.73. The molecule has 79 heavy (non-hydrogen) atoms. The van der Waals surface area contributed by atoms with Crippen LogP contribution in [0.5, 0.6) is 5.75 Å². The van der Waals surface area contributed by atoms with Gasteiger partial charge in [-0.25, -0.2) is 0 Å². The smallest absolute Gasteiger partial charge is 0.399 e. The summed E-state index contributed by atoms with van der Waals surface area (Å²) in [6, 6.07) is 20.2. The molecule has 23 heteroatoms. The molecule has 0 spiro atoms. The Kier molecular flexibility index (Phi) is 16.0. The van der Waals surface area contributed by atoms with E-state index in [1.54, 1.807) is 56.0 Å². The van der Waals surface area contributed by atoms with Crippen LogP contribution in [0.25, 0.3) is 10.1 Å². The number of halogens is 2. The monoisotopic (exact) mass is 1120 g/mol. The van der Waals surface area contributed by atoms with Gasteiger partial charge in [0, 0.05) is 54.7 Å². The van der Waals surface area contributed by atoms with Crippen molar-refractivity contribution in [3.8, 4) is 17.6 Å². The molecule has 1 aromatic heterocycles. The molecule has 4 aliphatic rings. The van der Waals surface area contributed by atoms with Crippen LogP contribution in [0, 0.1) is 17.3 Å². The fraction of sp³-hybridized carbons (Fsp3) is 0.357. The van der Waals surface area contributed by atoms with Crippen molar-refractivity contribution in [3.63, 3.8) is 0 Å². The number of piperidine rings is 1. The molecular formula is C56H55F2N6O13PS. The summed E-state index contributed by atoms with van der Waals surface area (Å²) in [7, 11) is -5.87. The summed E-state index contributed by atoms with van der Waals surface area (Å²) < 4.78 is 53.3. The van der Waals surface area contributed by atoms with Crippen LogP contribution in [0.4, 0.5) is 8.78 Å². The van der Waals surface area contributed by atoms with E-state index in [1.807, 2.05) is 30.3 Å². The number of alkyl halides is 2. The lowest BCUT2D eigenvalue weighted by Crippen LogP contribution is -2.61. The van der Waals surface area contributed by atoms with Gasteiger partial charge < -0.3 is 39.7 Å². The Balaban J connectivity index is 0.865. The molecule has 8 amide bonds. The largest absolute Gasteiger partial charge is 0.484 e. The quantitative estimate of drug-likeness (QED) is 0.0396. The number of carbonyl (C=O) groups is 8. The molecule has 0 saturated carbocycles. The van der Waals surface area contributed by atoms with Gasteiger partial charge in [0.2, 0.25) is 23.6 Å². The van der Waals surface area contributed by atoms with Gasteiger partial charge in [0.05, 0.1) is 29.2 Å². The number of imide groups is 2. The maximum atomic E-state index is 15.1. The molecule has 2 unspecified atom stereocenters. The first-order chi connectivity index (χ1) is 37.5. The highest BCUT2D eigenvalue weighted by molar-refractivity contribution is 7.52. The molecule has 4 aromatic carbocycles. The first-order valence-electron chi connectivity index (χ1n) is 25.4. The fourth-order valence-electron chi connectivity index (χ4n) is 9.94. The van der Waals surface area contributed by atoms with E-state index >= 15 is 4.79 Å². The van der Waals surface area contributed by atoms with Gasteiger partial charge in [0.1, 0.15) is 30.0 Å². The van der Waals surface area contributed by atoms with Crippen molar-refractivity contribution in [1.82, 2.24) is 30.7 Å². The number of thiophene rings is 1. The number of carbonyl (C=O) groups excluding carboxylic acids is 8. The van der Waals surface area contributed by atoms with Gasteiger partial charge in [-0.2, -0.15) is 8.78 Å². The van der Waals surface area contributed by atoms with Gasteiger partial charge in [0.15, 0.2) is 6.61 Å². The SMILES string of the molecule is CC(C)(C)C(NC(=O)c1cc2cc(C(F)(F)P(=O)(O)O)ccc2s1)C(=O)N1Cc2cc(OCC(=O)NCCCC#Cc3cccc4c3C(=O)N(C3CCC(=O)NC3=O)C4=O)ccc2C[C@H]1C(=O)N1CCO[C@H](c2ccccc2)C1. The van der Waals surface area contributed by atoms with Gasteiger partial charge in [-0.15, -0.1) is 11.3 Å². The zero-order valence-electron chi connectivity index (χ0n) is 43.1. The summed E-state index contributed by atoms with van der Waals surface area (Å²) in [5.41, 5.74) is -3.59. The predicted molar refractivity (Wildman–Crippen MR) is 282 cm³/mol. The maximum Gasteiger partial charge on any atom is 0.399 e. The zero-order valence-corrected chi connectivity index (χ0v) is 44.8. The third-order valence-corrected chi connectivity index (χ3v) is 16.2. The second kappa shape index (κ2) is 22.6. The van der Waals surface area contributed by atoms with E-state index in [0.717, 1.165) is 39.5 Å². The van der Waals surface area contributed by atoms with Crippen molar-refractivity contribution in [2.45, 2.75) is 89.3 Å². The third kappa shape index (κ3) is 11.9. The number of amides is 8. The molecule has 19 nitrogen and oxygen atoms in total. The molecule has 0 bridgehead atoms. The Labute approximate surface area is 456 Å². The number of unbranched alkanes of at least 4 members (excludes halogenated alkanes) is 1. The van der Waals surface area contributed by atoms with E-state index in [2.05, 4.69) is 27.8 Å². The maximum absolute atomic E-state index is 15.1. The van der Waals surface area contributed by atoms with E-state index < -0.39 is 89.8 Å². The summed E-state index contributed by atoms with van der Waals surface area (Å²) in [4.78, 5) is 130. The van der Waals surface area contributed by atoms with Gasteiger partial charge in [-0.05, 0) is 82.8 Å². The predicted octanol–water partition coefficient (Wildman–Crippen LogP) is 5.55. The zero-order chi connectivity index (χ0) is 56.6. The van der Waals surface area contributed by atoms with Gasteiger partial charge in [-0.3, -0.25) is 53.1 Å². The van der Waals surface area contributed by atoms with Gasteiger partial charge >= 0.3 is 13.3 Å². The van der Waals surface area contributed by atoms with Crippen LogP contribution in [-0.2, 0) is 51.9 Å². The Morgan fingerprint density at radius 3 is 2.46 bits per heavy atom. The van der Waals surface area contributed by atoms with Crippen LogP contribution in [0.15, 0.2) is 91.0 Å². The highest BCUT2D eigenvalue weighted by Gasteiger charge is 2.51. The number of fused-ring (bicyclic) bond motifs is 3. The van der Waals surface area contributed by atoms with E-state index in [-0.39, 0.29) is 86.0 Å². The highest BCUT2D eigenvalue weighted by atomic mass is 32.1. The third-order valence-electron chi connectivity index (χ3n) is 14.1. The summed E-state index contributed by atoms with van der Waals surface area (Å²) in [6.07, 6.45) is 0.433. The minimum atomic E-state index is -5.87. The van der Waals surface area contributed by atoms with E-state index in [9.17, 15) is 56.7 Å². The molecule has 5 N–H and O–H groups in total. The second-order valence-electron chi connectivity index (χ2n) is 20.6. The number of morpholine rings is 1. The summed E-state index contributed by atoms with van der Waals surface area (Å²) >= 11 is 0.936. The standard InChI is InChI=1S/C56H55F2N6O13PS/c1-55(2,3)48(61-50(68)44-28-35-25-37(17-20-43(35)79-44)56(57,58)78(73,74)75)54(72)63-29-36-26-38(18-16-34(36)27-41(63)52(70)62-23-24-76-42(30-62)32-11-6-4-7-12-32)77-31-46(66)59-22-9-5-8-13-33-14-10-15-39-47(33)53(71)64(51(39)69)40-19-21-45(65)60-49(40)67/h4,6-7,10-12,14-18,20,25-26,28,40-42,48H,5,9,19,21-24,27,29-31H2,1-3H3,(H,59,66)(H,61,68)(H,60,65,67)(H2,73,74,75)/t40?,41-,42-,48?/m0/s1. The Morgan fingerprint density at radius 2 is 1.72 bits per heavy atom. The van der Waals surface area contributed by atoms with Crippen LogP contribution in [0.2, 0.25) is 0 Å². The topological polar surface area (TPSA) is 258 Å². The Hall–Kier alpha value is -7.67. The first-order valence-corrected chi connectivity index (χ1v) is 27.8. The van der Waals surface area contributed by atoms with Crippen LogP contribution in [0.3, 0.4) is 0 Å². The molecule has 0 aliphatic carbocycles. The number of ether oxygens (including phenoxy) is 2. The summed E-state index contributed by atoms with van der Waals surface area (Å²) in [5, 5.41) is 7.93. The van der Waals surface area contributed by atoms with Crippen LogP contribution in [0.1, 0.15) is 111 Å². The minimum absolute atomic E-state index is 0.00595. The number of benzene rings is 4. The molecule has 4 aliphatic heterocycles. The molecule has 9 rings (SSSR count). The molecule has 0 radical (unpaired) electrons. The van der Waals surface area contributed by atoms with Gasteiger partial charge in [-0.1, -0.05) is 81.1 Å². The lowest BCUT2D eigenvalue weighted by molar-refractivity contribution is -0.153. The number of hydrogen-bond acceptors (Lipinski definition) is 12. The average Bonchev–Trinajstić information content (AvgIpc) is 4.22. The highest BCUT2D eigenvalue weighted by Crippen LogP contribution is 2.59. The van der Waals surface area contributed by atoms with E-state index in [1.165, 1.54) is 23.1 Å². The van der Waals surface area contributed by atoms with Crippen LogP contribution >= 0.6 is 18.9 Å². The normalized spacial score (nSPS) is 19.0. The lowest BCUT2D eigenvalue weighted by atomic mass is 9.84. The number of nitrogens with zero attached hydrogens (tertiary/aromatic N) is 3. The van der Waals surface area contributed by atoms with Crippen molar-refractivity contribution < 1.29 is 71.0 Å². The second-order valence-corrected chi connectivity index (χ2v) is 23.3. The Morgan fingerprint density at radius 1 is 0.949 bits per heavy atom. The van der Waals surface area contributed by atoms with Crippen LogP contribution < -0.4 is 20.7 Å². The van der Waals surface area contributed by atoms with Crippen molar-refractivity contribution in [2.75, 3.05) is 32.8 Å². The first kappa shape index (κ1) is 56.1. The molecule has 412 valence electrons. The number of hydrogen-bond donors (Lipinski definition) is 5. The number of nitrogens with one attached hydrogen (secondary N) is 3. The molecule has 5 aromatic rings. The van der Waals surface area contributed by atoms with Crippen LogP contribution in [-0.4, -0.2) is 123 Å². The van der Waals surface area contributed by atoms with Crippen molar-refractivity contribution in [2.24, 2.45) is 5.41 Å². The average molecular weight is 1120 g/mol. The lowest BCUT2D eigenvalue weighted by Gasteiger charge is -2.43. The Bertz CT molecular complexity index is 3420. The van der Waals surface area contributed by atoms with Crippen molar-refractivity contribution in [1.29, 1.82) is 0 Å². The fourth-order valence-corrected chi connectivity index (χ4v) is 11.4.